The third kappa shape index (κ3) is 4.22. The molecule has 2 atom stereocenters. The third-order valence-electron chi connectivity index (χ3n) is 6.40. The topological polar surface area (TPSA) is 116 Å². The summed E-state index contributed by atoms with van der Waals surface area (Å²) < 4.78 is 0. The number of hydrogen-bond acceptors (Lipinski definition) is 4. The summed E-state index contributed by atoms with van der Waals surface area (Å²) in [4.78, 5) is 39.1. The van der Waals surface area contributed by atoms with Crippen molar-refractivity contribution in [1.29, 1.82) is 5.26 Å². The van der Waals surface area contributed by atoms with Gasteiger partial charge in [-0.05, 0) is 42.4 Å². The Labute approximate surface area is 187 Å². The Morgan fingerprint density at radius 3 is 2.34 bits per heavy atom. The van der Waals surface area contributed by atoms with Gasteiger partial charge in [0.15, 0.2) is 0 Å². The molecule has 2 aromatic carbocycles. The summed E-state index contributed by atoms with van der Waals surface area (Å²) in [7, 11) is 0. The van der Waals surface area contributed by atoms with Crippen molar-refractivity contribution in [2.24, 2.45) is 5.73 Å². The highest BCUT2D eigenvalue weighted by molar-refractivity contribution is 5.96. The first-order chi connectivity index (χ1) is 15.4. The number of amides is 3. The summed E-state index contributed by atoms with van der Waals surface area (Å²) in [6.07, 6.45) is 2.52. The van der Waals surface area contributed by atoms with Crippen LogP contribution in [0.4, 0.5) is 0 Å². The third-order valence-corrected chi connectivity index (χ3v) is 6.40. The number of rotatable bonds is 7. The van der Waals surface area contributed by atoms with Gasteiger partial charge in [-0.25, -0.2) is 0 Å². The lowest BCUT2D eigenvalue weighted by Crippen LogP contribution is -2.51. The second kappa shape index (κ2) is 8.83. The van der Waals surface area contributed by atoms with Gasteiger partial charge >= 0.3 is 0 Å². The van der Waals surface area contributed by atoms with Crippen molar-refractivity contribution >= 4 is 17.7 Å². The van der Waals surface area contributed by atoms with Crippen LogP contribution < -0.4 is 11.1 Å². The normalized spacial score (nSPS) is 19.6. The largest absolute Gasteiger partial charge is 0.370 e. The standard InChI is InChI=1S/C25H26N4O3/c26-16-20(15-22(27)30)28-23(31)21-7-4-14-29(21)24(32)25(12-13-25)19-10-8-18(9-11-19)17-5-2-1-3-6-17/h1-3,5-6,8-11,20-21H,4,7,12-15H2,(H2,27,30)(H,28,31)/t20-,21-/m0/s1. The van der Waals surface area contributed by atoms with E-state index in [0.717, 1.165) is 36.0 Å². The zero-order chi connectivity index (χ0) is 22.7. The Morgan fingerprint density at radius 2 is 1.75 bits per heavy atom. The first kappa shape index (κ1) is 21.6. The molecule has 7 heteroatoms. The van der Waals surface area contributed by atoms with E-state index in [9.17, 15) is 19.6 Å². The Kier molecular flexibility index (Phi) is 5.95. The molecule has 0 bridgehead atoms. The predicted molar refractivity (Wildman–Crippen MR) is 119 cm³/mol. The van der Waals surface area contributed by atoms with E-state index in [0.29, 0.717) is 13.0 Å². The number of primary amides is 1. The van der Waals surface area contributed by atoms with Crippen LogP contribution in [0.3, 0.4) is 0 Å². The van der Waals surface area contributed by atoms with Crippen LogP contribution in [0.1, 0.15) is 37.7 Å². The Hall–Kier alpha value is -3.66. The molecule has 0 aromatic heterocycles. The molecule has 1 saturated carbocycles. The molecule has 4 rings (SSSR count). The van der Waals surface area contributed by atoms with E-state index >= 15 is 0 Å². The molecule has 0 spiro atoms. The number of hydrogen-bond donors (Lipinski definition) is 2. The number of nitriles is 1. The molecule has 2 aromatic rings. The minimum Gasteiger partial charge on any atom is -0.370 e. The van der Waals surface area contributed by atoms with Crippen molar-refractivity contribution in [2.45, 2.75) is 49.6 Å². The number of benzene rings is 2. The maximum absolute atomic E-state index is 13.5. The van der Waals surface area contributed by atoms with Gasteiger partial charge in [-0.15, -0.1) is 0 Å². The Morgan fingerprint density at radius 1 is 1.09 bits per heavy atom. The Balaban J connectivity index is 1.48. The number of nitrogens with one attached hydrogen (secondary N) is 1. The highest BCUT2D eigenvalue weighted by Gasteiger charge is 2.55. The predicted octanol–water partition coefficient (Wildman–Crippen LogP) is 2.26. The van der Waals surface area contributed by atoms with E-state index in [2.05, 4.69) is 5.32 Å². The van der Waals surface area contributed by atoms with Gasteiger partial charge in [-0.2, -0.15) is 5.26 Å². The molecule has 0 radical (unpaired) electrons. The van der Waals surface area contributed by atoms with Gasteiger partial charge in [0.05, 0.1) is 17.9 Å². The van der Waals surface area contributed by atoms with E-state index in [1.54, 1.807) is 4.90 Å². The van der Waals surface area contributed by atoms with Crippen LogP contribution in [0.15, 0.2) is 54.6 Å². The quantitative estimate of drug-likeness (QED) is 0.701. The summed E-state index contributed by atoms with van der Waals surface area (Å²) in [5.74, 6) is -1.10. The molecule has 3 N–H and O–H groups in total. The minimum atomic E-state index is -0.988. The summed E-state index contributed by atoms with van der Waals surface area (Å²) in [6.45, 7) is 0.508. The van der Waals surface area contributed by atoms with E-state index < -0.39 is 29.3 Å². The van der Waals surface area contributed by atoms with Crippen molar-refractivity contribution in [1.82, 2.24) is 10.2 Å². The molecule has 1 saturated heterocycles. The van der Waals surface area contributed by atoms with Crippen LogP contribution in [-0.4, -0.2) is 41.2 Å². The van der Waals surface area contributed by atoms with Crippen LogP contribution in [0.25, 0.3) is 11.1 Å². The second-order valence-electron chi connectivity index (χ2n) is 8.54. The smallest absolute Gasteiger partial charge is 0.243 e. The number of carbonyl (C=O) groups excluding carboxylic acids is 3. The van der Waals surface area contributed by atoms with Gasteiger partial charge in [0, 0.05) is 6.54 Å². The van der Waals surface area contributed by atoms with Crippen molar-refractivity contribution in [3.63, 3.8) is 0 Å². The maximum Gasteiger partial charge on any atom is 0.243 e. The van der Waals surface area contributed by atoms with Crippen LogP contribution >= 0.6 is 0 Å². The van der Waals surface area contributed by atoms with Gasteiger partial charge in [-0.3, -0.25) is 14.4 Å². The van der Waals surface area contributed by atoms with E-state index in [1.165, 1.54) is 0 Å². The van der Waals surface area contributed by atoms with Gasteiger partial charge in [0.25, 0.3) is 0 Å². The van der Waals surface area contributed by atoms with Crippen LogP contribution in [0.2, 0.25) is 0 Å². The molecule has 1 aliphatic carbocycles. The van der Waals surface area contributed by atoms with Crippen molar-refractivity contribution in [3.05, 3.63) is 60.2 Å². The molecule has 2 aliphatic rings. The second-order valence-corrected chi connectivity index (χ2v) is 8.54. The monoisotopic (exact) mass is 430 g/mol. The van der Waals surface area contributed by atoms with Gasteiger partial charge in [-0.1, -0.05) is 54.6 Å². The zero-order valence-corrected chi connectivity index (χ0v) is 17.8. The zero-order valence-electron chi connectivity index (χ0n) is 17.8. The summed E-state index contributed by atoms with van der Waals surface area (Å²) in [5.41, 5.74) is 7.74. The van der Waals surface area contributed by atoms with Crippen molar-refractivity contribution in [2.75, 3.05) is 6.54 Å². The maximum atomic E-state index is 13.5. The van der Waals surface area contributed by atoms with Crippen LogP contribution in [0, 0.1) is 11.3 Å². The van der Waals surface area contributed by atoms with Gasteiger partial charge in [0.1, 0.15) is 12.1 Å². The average Bonchev–Trinajstić information content (AvgIpc) is 3.47. The fraction of sp³-hybridized carbons (Fsp3) is 0.360. The number of likely N-dealkylation sites (tertiary alicyclic amines) is 1. The van der Waals surface area contributed by atoms with Crippen LogP contribution in [-0.2, 0) is 19.8 Å². The lowest BCUT2D eigenvalue weighted by Gasteiger charge is -2.29. The summed E-state index contributed by atoms with van der Waals surface area (Å²) >= 11 is 0. The first-order valence-electron chi connectivity index (χ1n) is 10.9. The van der Waals surface area contributed by atoms with E-state index in [-0.39, 0.29) is 12.3 Å². The number of nitrogens with two attached hydrogens (primary N) is 1. The van der Waals surface area contributed by atoms with Crippen molar-refractivity contribution in [3.8, 4) is 17.2 Å². The van der Waals surface area contributed by atoms with E-state index in [4.69, 9.17) is 5.73 Å². The van der Waals surface area contributed by atoms with Crippen molar-refractivity contribution < 1.29 is 14.4 Å². The SMILES string of the molecule is N#C[C@H](CC(N)=O)NC(=O)[C@@H]1CCCN1C(=O)C1(c2ccc(-c3ccccc3)cc2)CC1. The fourth-order valence-electron chi connectivity index (χ4n) is 4.52. The molecular formula is C25H26N4O3. The Bertz CT molecular complexity index is 1050. The first-order valence-corrected chi connectivity index (χ1v) is 10.9. The fourth-order valence-corrected chi connectivity index (χ4v) is 4.52. The average molecular weight is 431 g/mol. The minimum absolute atomic E-state index is 0.0361. The summed E-state index contributed by atoms with van der Waals surface area (Å²) in [5, 5.41) is 11.7. The highest BCUT2D eigenvalue weighted by atomic mass is 16.2. The molecule has 0 unspecified atom stereocenters. The van der Waals surface area contributed by atoms with Gasteiger partial charge in [0.2, 0.25) is 17.7 Å². The highest BCUT2D eigenvalue weighted by Crippen LogP contribution is 2.50. The lowest BCUT2D eigenvalue weighted by atomic mass is 9.92. The summed E-state index contributed by atoms with van der Waals surface area (Å²) in [6, 6.07) is 18.4. The molecule has 1 heterocycles. The van der Waals surface area contributed by atoms with Crippen LogP contribution in [0.5, 0.6) is 0 Å². The lowest BCUT2D eigenvalue weighted by molar-refractivity contribution is -0.140. The molecule has 32 heavy (non-hydrogen) atoms. The molecule has 2 fully saturated rings. The molecular weight excluding hydrogens is 404 g/mol. The molecule has 3 amide bonds. The van der Waals surface area contributed by atoms with Gasteiger partial charge < -0.3 is 16.0 Å². The molecule has 1 aliphatic heterocycles. The van der Waals surface area contributed by atoms with E-state index in [1.807, 2.05) is 60.7 Å². The molecule has 164 valence electrons. The number of nitrogens with zero attached hydrogens (tertiary/aromatic N) is 2. The number of carbonyl (C=O) groups is 3. The molecule has 7 nitrogen and oxygen atoms in total.